The highest BCUT2D eigenvalue weighted by molar-refractivity contribution is 5.23. The van der Waals surface area contributed by atoms with E-state index in [1.165, 1.54) is 11.1 Å². The molecule has 1 aliphatic heterocycles. The van der Waals surface area contributed by atoms with Gasteiger partial charge in [-0.15, -0.1) is 0 Å². The Balaban J connectivity index is 1.66. The summed E-state index contributed by atoms with van der Waals surface area (Å²) in [4.78, 5) is 0. The second-order valence-corrected chi connectivity index (χ2v) is 4.86. The molecule has 0 fully saturated rings. The van der Waals surface area contributed by atoms with Gasteiger partial charge in [-0.3, -0.25) is 0 Å². The summed E-state index contributed by atoms with van der Waals surface area (Å²) in [5, 5.41) is 0. The van der Waals surface area contributed by atoms with Crippen molar-refractivity contribution in [1.29, 1.82) is 0 Å². The SMILES string of the molecule is C1=C(OCc2ccccc2)CCO[C@H]1c1ccccc1. The van der Waals surface area contributed by atoms with Crippen molar-refractivity contribution >= 4 is 0 Å². The average molecular weight is 266 g/mol. The van der Waals surface area contributed by atoms with Gasteiger partial charge in [-0.2, -0.15) is 0 Å². The summed E-state index contributed by atoms with van der Waals surface area (Å²) < 4.78 is 11.7. The van der Waals surface area contributed by atoms with Gasteiger partial charge in [0.2, 0.25) is 0 Å². The highest BCUT2D eigenvalue weighted by Gasteiger charge is 2.16. The Bertz CT molecular complexity index is 560. The number of ether oxygens (including phenoxy) is 2. The standard InChI is InChI=1S/C18H18O2/c1-3-7-15(8-4-1)14-20-17-11-12-19-18(13-17)16-9-5-2-6-10-16/h1-10,13,18H,11-12,14H2/t18-/m1/s1. The van der Waals surface area contributed by atoms with Gasteiger partial charge in [0.25, 0.3) is 0 Å². The molecule has 2 heteroatoms. The summed E-state index contributed by atoms with van der Waals surface area (Å²) in [5.41, 5.74) is 2.36. The van der Waals surface area contributed by atoms with E-state index in [-0.39, 0.29) is 6.10 Å². The maximum atomic E-state index is 5.90. The summed E-state index contributed by atoms with van der Waals surface area (Å²) >= 11 is 0. The molecule has 102 valence electrons. The van der Waals surface area contributed by atoms with Crippen molar-refractivity contribution in [1.82, 2.24) is 0 Å². The molecule has 20 heavy (non-hydrogen) atoms. The van der Waals surface area contributed by atoms with Gasteiger partial charge in [0.15, 0.2) is 0 Å². The van der Waals surface area contributed by atoms with Crippen molar-refractivity contribution in [2.75, 3.05) is 6.61 Å². The minimum atomic E-state index is 0.00993. The van der Waals surface area contributed by atoms with E-state index in [0.717, 1.165) is 12.2 Å². The number of rotatable bonds is 4. The lowest BCUT2D eigenvalue weighted by atomic mass is 10.1. The molecule has 0 spiro atoms. The van der Waals surface area contributed by atoms with Crippen LogP contribution in [0, 0.1) is 0 Å². The molecule has 0 amide bonds. The van der Waals surface area contributed by atoms with Crippen molar-refractivity contribution in [3.05, 3.63) is 83.6 Å². The molecule has 0 bridgehead atoms. The molecule has 0 unspecified atom stereocenters. The molecule has 1 heterocycles. The van der Waals surface area contributed by atoms with E-state index in [1.807, 2.05) is 36.4 Å². The molecule has 0 N–H and O–H groups in total. The van der Waals surface area contributed by atoms with Crippen LogP contribution < -0.4 is 0 Å². The Morgan fingerprint density at radius 2 is 1.65 bits per heavy atom. The highest BCUT2D eigenvalue weighted by Crippen LogP contribution is 2.26. The van der Waals surface area contributed by atoms with E-state index in [4.69, 9.17) is 9.47 Å². The van der Waals surface area contributed by atoms with Gasteiger partial charge in [-0.05, 0) is 17.2 Å². The van der Waals surface area contributed by atoms with E-state index in [2.05, 4.69) is 30.3 Å². The van der Waals surface area contributed by atoms with Crippen molar-refractivity contribution in [3.8, 4) is 0 Å². The molecule has 2 aromatic carbocycles. The fraction of sp³-hybridized carbons (Fsp3) is 0.222. The van der Waals surface area contributed by atoms with Crippen LogP contribution in [-0.4, -0.2) is 6.61 Å². The Morgan fingerprint density at radius 1 is 0.950 bits per heavy atom. The highest BCUT2D eigenvalue weighted by atomic mass is 16.5. The van der Waals surface area contributed by atoms with E-state index < -0.39 is 0 Å². The van der Waals surface area contributed by atoms with Crippen molar-refractivity contribution < 1.29 is 9.47 Å². The lowest BCUT2D eigenvalue weighted by molar-refractivity contribution is 0.0501. The predicted octanol–water partition coefficient (Wildman–Crippen LogP) is 4.25. The molecular weight excluding hydrogens is 248 g/mol. The average Bonchev–Trinajstić information content (AvgIpc) is 2.55. The van der Waals surface area contributed by atoms with Gasteiger partial charge in [0.1, 0.15) is 12.7 Å². The summed E-state index contributed by atoms with van der Waals surface area (Å²) in [5.74, 6) is 1.02. The number of hydrogen-bond donors (Lipinski definition) is 0. The largest absolute Gasteiger partial charge is 0.493 e. The van der Waals surface area contributed by atoms with Crippen molar-refractivity contribution in [3.63, 3.8) is 0 Å². The van der Waals surface area contributed by atoms with E-state index >= 15 is 0 Å². The van der Waals surface area contributed by atoms with Crippen LogP contribution >= 0.6 is 0 Å². The van der Waals surface area contributed by atoms with Crippen molar-refractivity contribution in [2.24, 2.45) is 0 Å². The fourth-order valence-corrected chi connectivity index (χ4v) is 2.29. The van der Waals surface area contributed by atoms with Crippen LogP contribution in [0.5, 0.6) is 0 Å². The monoisotopic (exact) mass is 266 g/mol. The molecule has 0 saturated carbocycles. The summed E-state index contributed by atoms with van der Waals surface area (Å²) in [6.07, 6.45) is 2.94. The zero-order valence-corrected chi connectivity index (χ0v) is 11.4. The number of benzene rings is 2. The molecule has 0 saturated heterocycles. The molecule has 0 aromatic heterocycles. The first kappa shape index (κ1) is 12.9. The molecule has 2 aromatic rings. The van der Waals surface area contributed by atoms with E-state index in [9.17, 15) is 0 Å². The summed E-state index contributed by atoms with van der Waals surface area (Å²) in [7, 11) is 0. The van der Waals surface area contributed by atoms with Crippen LogP contribution in [0.4, 0.5) is 0 Å². The van der Waals surface area contributed by atoms with Crippen LogP contribution in [0.3, 0.4) is 0 Å². The van der Waals surface area contributed by atoms with Gasteiger partial charge in [0.05, 0.1) is 12.4 Å². The quantitative estimate of drug-likeness (QED) is 0.823. The molecule has 0 aliphatic carbocycles. The zero-order chi connectivity index (χ0) is 13.6. The maximum Gasteiger partial charge on any atom is 0.113 e. The fourth-order valence-electron chi connectivity index (χ4n) is 2.29. The zero-order valence-electron chi connectivity index (χ0n) is 11.4. The van der Waals surface area contributed by atoms with Crippen LogP contribution in [0.1, 0.15) is 23.7 Å². The molecule has 0 radical (unpaired) electrons. The molecule has 3 rings (SSSR count). The second kappa shape index (κ2) is 6.40. The Kier molecular flexibility index (Phi) is 4.14. The lowest BCUT2D eigenvalue weighted by Crippen LogP contribution is -2.12. The third-order valence-corrected chi connectivity index (χ3v) is 3.38. The van der Waals surface area contributed by atoms with Gasteiger partial charge >= 0.3 is 0 Å². The van der Waals surface area contributed by atoms with Crippen LogP contribution in [-0.2, 0) is 16.1 Å². The predicted molar refractivity (Wildman–Crippen MR) is 79.1 cm³/mol. The number of hydrogen-bond acceptors (Lipinski definition) is 2. The maximum absolute atomic E-state index is 5.90. The van der Waals surface area contributed by atoms with Crippen LogP contribution in [0.2, 0.25) is 0 Å². The van der Waals surface area contributed by atoms with E-state index in [1.54, 1.807) is 0 Å². The molecule has 1 atom stereocenters. The lowest BCUT2D eigenvalue weighted by Gasteiger charge is -2.22. The normalized spacial score (nSPS) is 18.4. The summed E-state index contributed by atoms with van der Waals surface area (Å²) in [6.45, 7) is 1.33. The minimum Gasteiger partial charge on any atom is -0.493 e. The first-order chi connectivity index (χ1) is 9.92. The Hall–Kier alpha value is -2.06. The topological polar surface area (TPSA) is 18.5 Å². The second-order valence-electron chi connectivity index (χ2n) is 4.86. The molecule has 2 nitrogen and oxygen atoms in total. The van der Waals surface area contributed by atoms with Gasteiger partial charge in [-0.25, -0.2) is 0 Å². The smallest absolute Gasteiger partial charge is 0.113 e. The van der Waals surface area contributed by atoms with Crippen LogP contribution in [0.15, 0.2) is 72.5 Å². The summed E-state index contributed by atoms with van der Waals surface area (Å²) in [6, 6.07) is 20.5. The Morgan fingerprint density at radius 3 is 2.40 bits per heavy atom. The molecular formula is C18H18O2. The Labute approximate surface area is 119 Å². The first-order valence-corrected chi connectivity index (χ1v) is 6.96. The van der Waals surface area contributed by atoms with Crippen molar-refractivity contribution in [2.45, 2.75) is 19.1 Å². The van der Waals surface area contributed by atoms with E-state index in [0.29, 0.717) is 13.2 Å². The van der Waals surface area contributed by atoms with Gasteiger partial charge in [0, 0.05) is 6.42 Å². The van der Waals surface area contributed by atoms with Crippen LogP contribution in [0.25, 0.3) is 0 Å². The van der Waals surface area contributed by atoms with Gasteiger partial charge in [-0.1, -0.05) is 60.7 Å². The molecule has 1 aliphatic rings. The van der Waals surface area contributed by atoms with Gasteiger partial charge < -0.3 is 9.47 Å². The first-order valence-electron chi connectivity index (χ1n) is 6.96. The minimum absolute atomic E-state index is 0.00993. The third-order valence-electron chi connectivity index (χ3n) is 3.38. The third kappa shape index (κ3) is 3.28.